The maximum atomic E-state index is 12.6. The van der Waals surface area contributed by atoms with E-state index in [2.05, 4.69) is 10.4 Å². The van der Waals surface area contributed by atoms with Crippen molar-refractivity contribution in [3.05, 3.63) is 82.3 Å². The Morgan fingerprint density at radius 3 is 2.74 bits per heavy atom. The number of aryl methyl sites for hydroxylation is 1. The maximum Gasteiger partial charge on any atom is 0.336 e. The SMILES string of the molecule is Cc1cc(=O)oc2cc(OCC(=O)Nc3cc(C4CC4)nn3-c3ccccc3)ccc12. The number of anilines is 1. The van der Waals surface area contributed by atoms with E-state index in [1.165, 1.54) is 6.07 Å². The van der Waals surface area contributed by atoms with Gasteiger partial charge in [0.05, 0.1) is 11.4 Å². The topological polar surface area (TPSA) is 86.4 Å². The molecule has 2 aromatic carbocycles. The molecule has 0 saturated heterocycles. The Labute approximate surface area is 178 Å². The molecule has 1 aliphatic rings. The van der Waals surface area contributed by atoms with Crippen LogP contribution in [0.4, 0.5) is 5.82 Å². The van der Waals surface area contributed by atoms with E-state index in [1.807, 2.05) is 49.4 Å². The minimum Gasteiger partial charge on any atom is -0.484 e. The van der Waals surface area contributed by atoms with Crippen molar-refractivity contribution in [2.45, 2.75) is 25.7 Å². The van der Waals surface area contributed by atoms with Crippen LogP contribution in [0.25, 0.3) is 16.7 Å². The van der Waals surface area contributed by atoms with Gasteiger partial charge in [0.25, 0.3) is 5.91 Å². The Balaban J connectivity index is 1.32. The van der Waals surface area contributed by atoms with Crippen LogP contribution in [0.2, 0.25) is 0 Å². The van der Waals surface area contributed by atoms with Crippen molar-refractivity contribution in [1.29, 1.82) is 0 Å². The molecule has 0 atom stereocenters. The molecule has 1 aliphatic carbocycles. The third kappa shape index (κ3) is 4.07. The molecule has 0 radical (unpaired) electrons. The number of ether oxygens (including phenoxy) is 1. The standard InChI is InChI=1S/C24H21N3O4/c1-15-11-24(29)31-21-12-18(9-10-19(15)21)30-14-23(28)25-22-13-20(16-7-8-16)26-27(22)17-5-3-2-4-6-17/h2-6,9-13,16H,7-8,14H2,1H3,(H,25,28). The van der Waals surface area contributed by atoms with E-state index in [0.29, 0.717) is 23.1 Å². The first-order chi connectivity index (χ1) is 15.1. The fourth-order valence-corrected chi connectivity index (χ4v) is 3.56. The summed E-state index contributed by atoms with van der Waals surface area (Å²) in [5.41, 5.74) is 2.71. The highest BCUT2D eigenvalue weighted by molar-refractivity contribution is 5.91. The number of hydrogen-bond donors (Lipinski definition) is 1. The number of para-hydroxylation sites is 1. The van der Waals surface area contributed by atoms with Gasteiger partial charge in [-0.2, -0.15) is 5.10 Å². The summed E-state index contributed by atoms with van der Waals surface area (Å²) in [6.07, 6.45) is 2.25. The number of benzene rings is 2. The van der Waals surface area contributed by atoms with Gasteiger partial charge in [0.15, 0.2) is 6.61 Å². The van der Waals surface area contributed by atoms with Crippen LogP contribution >= 0.6 is 0 Å². The number of rotatable bonds is 6. The molecule has 156 valence electrons. The summed E-state index contributed by atoms with van der Waals surface area (Å²) in [6, 6.07) is 18.3. The zero-order valence-corrected chi connectivity index (χ0v) is 17.0. The molecule has 1 N–H and O–H groups in total. The van der Waals surface area contributed by atoms with Crippen molar-refractivity contribution >= 4 is 22.7 Å². The molecule has 0 aliphatic heterocycles. The second-order valence-electron chi connectivity index (χ2n) is 7.72. The van der Waals surface area contributed by atoms with Gasteiger partial charge in [0, 0.05) is 29.5 Å². The lowest BCUT2D eigenvalue weighted by Crippen LogP contribution is -2.21. The first kappa shape index (κ1) is 19.1. The van der Waals surface area contributed by atoms with Gasteiger partial charge in [-0.1, -0.05) is 18.2 Å². The summed E-state index contributed by atoms with van der Waals surface area (Å²) in [5.74, 6) is 1.23. The average Bonchev–Trinajstić information content (AvgIpc) is 3.53. The Hall–Kier alpha value is -3.87. The normalized spacial score (nSPS) is 13.3. The van der Waals surface area contributed by atoms with E-state index in [9.17, 15) is 9.59 Å². The number of carbonyl (C=O) groups excluding carboxylic acids is 1. The van der Waals surface area contributed by atoms with Gasteiger partial charge in [0.2, 0.25) is 0 Å². The fourth-order valence-electron chi connectivity index (χ4n) is 3.56. The van der Waals surface area contributed by atoms with E-state index in [1.54, 1.807) is 16.8 Å². The van der Waals surface area contributed by atoms with Gasteiger partial charge in [-0.15, -0.1) is 0 Å². The molecule has 7 nitrogen and oxygen atoms in total. The van der Waals surface area contributed by atoms with E-state index < -0.39 is 5.63 Å². The van der Waals surface area contributed by atoms with Crippen molar-refractivity contribution in [2.24, 2.45) is 0 Å². The number of carbonyl (C=O) groups is 1. The molecule has 4 aromatic rings. The van der Waals surface area contributed by atoms with Crippen LogP contribution in [0.3, 0.4) is 0 Å². The summed E-state index contributed by atoms with van der Waals surface area (Å²) in [5, 5.41) is 8.41. The van der Waals surface area contributed by atoms with Gasteiger partial charge in [-0.3, -0.25) is 4.79 Å². The van der Waals surface area contributed by atoms with E-state index in [0.717, 1.165) is 35.2 Å². The molecule has 5 rings (SSSR count). The monoisotopic (exact) mass is 415 g/mol. The van der Waals surface area contributed by atoms with E-state index in [4.69, 9.17) is 9.15 Å². The Kier molecular flexibility index (Phi) is 4.78. The summed E-state index contributed by atoms with van der Waals surface area (Å²) < 4.78 is 12.6. The fraction of sp³-hybridized carbons (Fsp3) is 0.208. The zero-order valence-electron chi connectivity index (χ0n) is 17.0. The van der Waals surface area contributed by atoms with Gasteiger partial charge >= 0.3 is 5.63 Å². The van der Waals surface area contributed by atoms with Gasteiger partial charge < -0.3 is 14.5 Å². The minimum atomic E-state index is -0.416. The average molecular weight is 415 g/mol. The summed E-state index contributed by atoms with van der Waals surface area (Å²) in [4.78, 5) is 24.2. The van der Waals surface area contributed by atoms with Crippen LogP contribution in [0.1, 0.15) is 30.0 Å². The third-order valence-corrected chi connectivity index (χ3v) is 5.28. The van der Waals surface area contributed by atoms with Gasteiger partial charge in [-0.25, -0.2) is 9.48 Å². The molecule has 0 bridgehead atoms. The first-order valence-electron chi connectivity index (χ1n) is 10.2. The third-order valence-electron chi connectivity index (χ3n) is 5.28. The van der Waals surface area contributed by atoms with Crippen molar-refractivity contribution in [2.75, 3.05) is 11.9 Å². The van der Waals surface area contributed by atoms with Crippen LogP contribution in [0.5, 0.6) is 5.75 Å². The minimum absolute atomic E-state index is 0.180. The van der Waals surface area contributed by atoms with Crippen molar-refractivity contribution in [1.82, 2.24) is 9.78 Å². The van der Waals surface area contributed by atoms with Crippen LogP contribution in [0, 0.1) is 6.92 Å². The summed E-state index contributed by atoms with van der Waals surface area (Å²) in [7, 11) is 0. The second kappa shape index (κ2) is 7.75. The number of fused-ring (bicyclic) bond motifs is 1. The number of nitrogens with one attached hydrogen (secondary N) is 1. The van der Waals surface area contributed by atoms with Crippen molar-refractivity contribution < 1.29 is 13.9 Å². The number of nitrogens with zero attached hydrogens (tertiary/aromatic N) is 2. The largest absolute Gasteiger partial charge is 0.484 e. The van der Waals surface area contributed by atoms with Crippen LogP contribution in [0.15, 0.2) is 69.9 Å². The van der Waals surface area contributed by atoms with Crippen LogP contribution in [-0.4, -0.2) is 22.3 Å². The predicted octanol–water partition coefficient (Wildman–Crippen LogP) is 4.18. The highest BCUT2D eigenvalue weighted by Gasteiger charge is 2.28. The Bertz CT molecular complexity index is 1320. The molecule has 1 saturated carbocycles. The van der Waals surface area contributed by atoms with Crippen LogP contribution < -0.4 is 15.7 Å². The number of hydrogen-bond acceptors (Lipinski definition) is 5. The number of aromatic nitrogens is 2. The molecule has 0 unspecified atom stereocenters. The molecule has 1 fully saturated rings. The molecule has 7 heteroatoms. The van der Waals surface area contributed by atoms with E-state index in [-0.39, 0.29) is 12.5 Å². The molecule has 31 heavy (non-hydrogen) atoms. The summed E-state index contributed by atoms with van der Waals surface area (Å²) in [6.45, 7) is 1.67. The molecule has 1 amide bonds. The van der Waals surface area contributed by atoms with Crippen LogP contribution in [-0.2, 0) is 4.79 Å². The summed E-state index contributed by atoms with van der Waals surface area (Å²) >= 11 is 0. The van der Waals surface area contributed by atoms with E-state index >= 15 is 0 Å². The second-order valence-corrected chi connectivity index (χ2v) is 7.72. The first-order valence-corrected chi connectivity index (χ1v) is 10.2. The smallest absolute Gasteiger partial charge is 0.336 e. The lowest BCUT2D eigenvalue weighted by Gasteiger charge is -2.10. The van der Waals surface area contributed by atoms with Crippen molar-refractivity contribution in [3.8, 4) is 11.4 Å². The van der Waals surface area contributed by atoms with Crippen molar-refractivity contribution in [3.63, 3.8) is 0 Å². The predicted molar refractivity (Wildman–Crippen MR) is 117 cm³/mol. The Morgan fingerprint density at radius 2 is 1.97 bits per heavy atom. The van der Waals surface area contributed by atoms with Gasteiger partial charge in [-0.05, 0) is 49.6 Å². The Morgan fingerprint density at radius 1 is 1.16 bits per heavy atom. The lowest BCUT2D eigenvalue weighted by molar-refractivity contribution is -0.118. The molecular formula is C24H21N3O4. The number of amides is 1. The molecule has 2 aromatic heterocycles. The molecular weight excluding hydrogens is 394 g/mol. The zero-order chi connectivity index (χ0) is 21.4. The molecule has 0 spiro atoms. The highest BCUT2D eigenvalue weighted by atomic mass is 16.5. The molecule has 2 heterocycles. The van der Waals surface area contributed by atoms with Gasteiger partial charge in [0.1, 0.15) is 17.2 Å². The highest BCUT2D eigenvalue weighted by Crippen LogP contribution is 2.40. The quantitative estimate of drug-likeness (QED) is 0.478. The lowest BCUT2D eigenvalue weighted by atomic mass is 10.1. The maximum absolute atomic E-state index is 12.6.